The molecule has 2 aliphatic rings. The highest BCUT2D eigenvalue weighted by molar-refractivity contribution is 8.13. The topological polar surface area (TPSA) is 27.6 Å². The molecule has 86 valence electrons. The van der Waals surface area contributed by atoms with Crippen LogP contribution in [0.3, 0.4) is 0 Å². The van der Waals surface area contributed by atoms with Crippen LogP contribution in [-0.4, -0.2) is 48.0 Å². The Kier molecular flexibility index (Phi) is 3.92. The lowest BCUT2D eigenvalue weighted by Crippen LogP contribution is -2.38. The van der Waals surface area contributed by atoms with Gasteiger partial charge in [-0.25, -0.2) is 0 Å². The van der Waals surface area contributed by atoms with Crippen molar-refractivity contribution in [1.82, 2.24) is 10.2 Å². The number of hydrogen-bond donors (Lipinski definition) is 1. The maximum Gasteiger partial charge on any atom is 0.157 e. The molecule has 2 fully saturated rings. The van der Waals surface area contributed by atoms with Crippen molar-refractivity contribution in [2.75, 3.05) is 25.9 Å². The first-order chi connectivity index (χ1) is 7.24. The predicted molar refractivity (Wildman–Crippen MR) is 67.6 cm³/mol. The van der Waals surface area contributed by atoms with Crippen LogP contribution in [0.25, 0.3) is 0 Å². The molecule has 1 atom stereocenters. The van der Waals surface area contributed by atoms with Gasteiger partial charge in [0, 0.05) is 11.8 Å². The summed E-state index contributed by atoms with van der Waals surface area (Å²) in [5.74, 6) is 1.22. The number of nitrogens with zero attached hydrogens (tertiary/aromatic N) is 2. The average molecular weight is 227 g/mol. The molecule has 0 bridgehead atoms. The van der Waals surface area contributed by atoms with Crippen molar-refractivity contribution in [2.45, 2.75) is 38.3 Å². The largest absolute Gasteiger partial charge is 0.362 e. The molecule has 0 aromatic carbocycles. The van der Waals surface area contributed by atoms with E-state index in [1.54, 1.807) is 0 Å². The standard InChI is InChI=1S/C11H21N3S/c1-9-5-8-15-11(12-9)13-10-3-6-14(2)7-4-10/h9-10H,3-8H2,1-2H3,(H,12,13). The number of rotatable bonds is 1. The van der Waals surface area contributed by atoms with E-state index in [1.165, 1.54) is 43.3 Å². The smallest absolute Gasteiger partial charge is 0.157 e. The first-order valence-electron chi connectivity index (χ1n) is 5.90. The highest BCUT2D eigenvalue weighted by Gasteiger charge is 2.18. The van der Waals surface area contributed by atoms with E-state index in [9.17, 15) is 0 Å². The maximum atomic E-state index is 4.82. The molecule has 0 aromatic rings. The first kappa shape index (κ1) is 11.3. The van der Waals surface area contributed by atoms with Crippen molar-refractivity contribution in [2.24, 2.45) is 4.99 Å². The Balaban J connectivity index is 1.86. The Morgan fingerprint density at radius 2 is 2.07 bits per heavy atom. The minimum Gasteiger partial charge on any atom is -0.362 e. The first-order valence-corrected chi connectivity index (χ1v) is 6.88. The number of aliphatic imine (C=N–C) groups is 1. The fourth-order valence-electron chi connectivity index (χ4n) is 2.02. The van der Waals surface area contributed by atoms with E-state index in [4.69, 9.17) is 4.99 Å². The normalized spacial score (nSPS) is 32.9. The molecule has 0 spiro atoms. The zero-order valence-corrected chi connectivity index (χ0v) is 10.5. The second-order valence-electron chi connectivity index (χ2n) is 4.65. The average Bonchev–Trinajstić information content (AvgIpc) is 2.22. The number of thioether (sulfide) groups is 1. The van der Waals surface area contributed by atoms with Gasteiger partial charge in [0.1, 0.15) is 0 Å². The van der Waals surface area contributed by atoms with Crippen LogP contribution >= 0.6 is 11.8 Å². The Labute approximate surface area is 96.7 Å². The van der Waals surface area contributed by atoms with Crippen LogP contribution in [0.2, 0.25) is 0 Å². The number of hydrogen-bond acceptors (Lipinski definition) is 3. The highest BCUT2D eigenvalue weighted by atomic mass is 32.2. The molecular weight excluding hydrogens is 206 g/mol. The number of piperidine rings is 1. The van der Waals surface area contributed by atoms with Crippen molar-refractivity contribution in [1.29, 1.82) is 0 Å². The summed E-state index contributed by atoms with van der Waals surface area (Å²) in [6.45, 7) is 4.63. The van der Waals surface area contributed by atoms with E-state index in [0.717, 1.165) is 0 Å². The molecular formula is C11H21N3S. The summed E-state index contributed by atoms with van der Waals surface area (Å²) in [7, 11) is 2.19. The Morgan fingerprint density at radius 3 is 2.73 bits per heavy atom. The van der Waals surface area contributed by atoms with Gasteiger partial charge in [-0.1, -0.05) is 11.8 Å². The van der Waals surface area contributed by atoms with E-state index in [0.29, 0.717) is 12.1 Å². The summed E-state index contributed by atoms with van der Waals surface area (Å²) in [6.07, 6.45) is 3.70. The molecule has 3 nitrogen and oxygen atoms in total. The van der Waals surface area contributed by atoms with Gasteiger partial charge in [0.05, 0.1) is 6.04 Å². The third-order valence-electron chi connectivity index (χ3n) is 3.15. The van der Waals surface area contributed by atoms with Gasteiger partial charge in [-0.05, 0) is 46.3 Å². The zero-order valence-electron chi connectivity index (χ0n) is 9.70. The molecule has 1 unspecified atom stereocenters. The maximum absolute atomic E-state index is 4.82. The van der Waals surface area contributed by atoms with E-state index >= 15 is 0 Å². The van der Waals surface area contributed by atoms with E-state index in [1.807, 2.05) is 11.8 Å². The molecule has 2 heterocycles. The molecule has 2 aliphatic heterocycles. The SMILES string of the molecule is CC1CCSC(=NC2CCN(C)CC2)N1. The van der Waals surface area contributed by atoms with Crippen molar-refractivity contribution >= 4 is 16.9 Å². The van der Waals surface area contributed by atoms with Gasteiger partial charge >= 0.3 is 0 Å². The van der Waals surface area contributed by atoms with Gasteiger partial charge in [0.25, 0.3) is 0 Å². The second-order valence-corrected chi connectivity index (χ2v) is 5.73. The van der Waals surface area contributed by atoms with Gasteiger partial charge in [-0.3, -0.25) is 4.99 Å². The van der Waals surface area contributed by atoms with E-state index in [2.05, 4.69) is 24.2 Å². The van der Waals surface area contributed by atoms with Crippen LogP contribution in [0.15, 0.2) is 4.99 Å². The van der Waals surface area contributed by atoms with Crippen molar-refractivity contribution < 1.29 is 0 Å². The Morgan fingerprint density at radius 1 is 1.33 bits per heavy atom. The quantitative estimate of drug-likeness (QED) is 0.736. The predicted octanol–water partition coefficient (Wildman–Crippen LogP) is 1.55. The van der Waals surface area contributed by atoms with Crippen LogP contribution in [-0.2, 0) is 0 Å². The van der Waals surface area contributed by atoms with Gasteiger partial charge in [0.2, 0.25) is 0 Å². The van der Waals surface area contributed by atoms with Crippen molar-refractivity contribution in [3.8, 4) is 0 Å². The zero-order chi connectivity index (χ0) is 10.7. The van der Waals surface area contributed by atoms with Crippen molar-refractivity contribution in [3.05, 3.63) is 0 Å². The molecule has 0 radical (unpaired) electrons. The summed E-state index contributed by atoms with van der Waals surface area (Å²) in [4.78, 5) is 7.21. The van der Waals surface area contributed by atoms with E-state index in [-0.39, 0.29) is 0 Å². The lowest BCUT2D eigenvalue weighted by atomic mass is 10.1. The lowest BCUT2D eigenvalue weighted by Gasteiger charge is -2.28. The minimum absolute atomic E-state index is 0.557. The third kappa shape index (κ3) is 3.38. The van der Waals surface area contributed by atoms with Gasteiger partial charge in [-0.2, -0.15) is 0 Å². The number of amidine groups is 1. The van der Waals surface area contributed by atoms with Gasteiger partial charge in [-0.15, -0.1) is 0 Å². The molecule has 2 saturated heterocycles. The summed E-state index contributed by atoms with van der Waals surface area (Å²) < 4.78 is 0. The molecule has 4 heteroatoms. The van der Waals surface area contributed by atoms with Crippen LogP contribution in [0.5, 0.6) is 0 Å². The fraction of sp³-hybridized carbons (Fsp3) is 0.909. The lowest BCUT2D eigenvalue weighted by molar-refractivity contribution is 0.257. The molecule has 2 rings (SSSR count). The Bertz CT molecular complexity index is 234. The number of likely N-dealkylation sites (tertiary alicyclic amines) is 1. The number of nitrogens with one attached hydrogen (secondary N) is 1. The summed E-state index contributed by atoms with van der Waals surface area (Å²) in [5, 5.41) is 4.66. The second kappa shape index (κ2) is 5.21. The molecule has 0 aliphatic carbocycles. The summed E-state index contributed by atoms with van der Waals surface area (Å²) in [5.41, 5.74) is 0. The van der Waals surface area contributed by atoms with Gasteiger partial charge < -0.3 is 10.2 Å². The van der Waals surface area contributed by atoms with Crippen LogP contribution in [0, 0.1) is 0 Å². The third-order valence-corrected chi connectivity index (χ3v) is 4.08. The van der Waals surface area contributed by atoms with Crippen molar-refractivity contribution in [3.63, 3.8) is 0 Å². The van der Waals surface area contributed by atoms with Crippen LogP contribution in [0.4, 0.5) is 0 Å². The molecule has 0 amide bonds. The van der Waals surface area contributed by atoms with Gasteiger partial charge in [0.15, 0.2) is 5.17 Å². The minimum atomic E-state index is 0.557. The molecule has 0 saturated carbocycles. The summed E-state index contributed by atoms with van der Waals surface area (Å²) >= 11 is 1.89. The fourth-order valence-corrected chi connectivity index (χ4v) is 3.19. The Hall–Kier alpha value is -0.220. The molecule has 0 aromatic heterocycles. The molecule has 15 heavy (non-hydrogen) atoms. The summed E-state index contributed by atoms with van der Waals surface area (Å²) in [6, 6.07) is 1.16. The highest BCUT2D eigenvalue weighted by Crippen LogP contribution is 2.18. The van der Waals surface area contributed by atoms with Crippen LogP contribution in [0.1, 0.15) is 26.2 Å². The van der Waals surface area contributed by atoms with E-state index < -0.39 is 0 Å². The van der Waals surface area contributed by atoms with Crippen LogP contribution < -0.4 is 5.32 Å². The monoisotopic (exact) mass is 227 g/mol. The molecule has 1 N–H and O–H groups in total.